The van der Waals surface area contributed by atoms with Gasteiger partial charge in [0.1, 0.15) is 6.10 Å². The summed E-state index contributed by atoms with van der Waals surface area (Å²) in [5, 5.41) is 11.6. The number of aliphatic hydroxyl groups is 1. The molecular weight excluding hydrogens is 188 g/mol. The average Bonchev–Trinajstić information content (AvgIpc) is 2.72. The van der Waals surface area contributed by atoms with Crippen LogP contribution in [0.5, 0.6) is 0 Å². The first-order valence-corrected chi connectivity index (χ1v) is 4.75. The van der Waals surface area contributed by atoms with E-state index in [0.29, 0.717) is 0 Å². The normalized spacial score (nSPS) is 23.2. The molecule has 0 amide bonds. The Labute approximate surface area is 79.3 Å². The zero-order valence-electron chi connectivity index (χ0n) is 6.71. The third kappa shape index (κ3) is 1.64. The van der Waals surface area contributed by atoms with Crippen LogP contribution in [0.4, 0.5) is 0 Å². The second-order valence-corrected chi connectivity index (χ2v) is 3.70. The molecule has 1 N–H and O–H groups in total. The predicted octanol–water partition coefficient (Wildman–Crippen LogP) is 1.26. The zero-order chi connectivity index (χ0) is 9.26. The first kappa shape index (κ1) is 8.47. The maximum absolute atomic E-state index is 10.7. The van der Waals surface area contributed by atoms with Crippen molar-refractivity contribution in [2.75, 3.05) is 0 Å². The lowest BCUT2D eigenvalue weighted by Gasteiger charge is -2.14. The summed E-state index contributed by atoms with van der Waals surface area (Å²) >= 11 is 1.44. The Hall–Kier alpha value is -1.13. The molecule has 0 unspecified atom stereocenters. The lowest BCUT2D eigenvalue weighted by atomic mass is 10.2. The van der Waals surface area contributed by atoms with Gasteiger partial charge in [0, 0.05) is 11.0 Å². The largest absolute Gasteiger partial charge is 0.452 e. The summed E-state index contributed by atoms with van der Waals surface area (Å²) in [6.07, 6.45) is 1.66. The number of thiophene rings is 1. The summed E-state index contributed by atoms with van der Waals surface area (Å²) in [6.45, 7) is 0. The van der Waals surface area contributed by atoms with Crippen molar-refractivity contribution >= 4 is 17.3 Å². The molecular formula is C9H8O3S. The van der Waals surface area contributed by atoms with Crippen molar-refractivity contribution in [2.45, 2.75) is 12.2 Å². The number of rotatable bonds is 2. The molecule has 2 heterocycles. The number of hydrogen-bond acceptors (Lipinski definition) is 4. The van der Waals surface area contributed by atoms with Gasteiger partial charge in [-0.25, -0.2) is 4.79 Å². The molecule has 0 aliphatic carbocycles. The summed E-state index contributed by atoms with van der Waals surface area (Å²) in [4.78, 5) is 11.5. The average molecular weight is 196 g/mol. The monoisotopic (exact) mass is 196 g/mol. The zero-order valence-corrected chi connectivity index (χ0v) is 7.53. The van der Waals surface area contributed by atoms with Crippen LogP contribution >= 0.6 is 11.3 Å². The maximum atomic E-state index is 10.7. The predicted molar refractivity (Wildman–Crippen MR) is 48.3 cm³/mol. The second-order valence-electron chi connectivity index (χ2n) is 2.72. The fourth-order valence-corrected chi connectivity index (χ4v) is 1.92. The van der Waals surface area contributed by atoms with Crippen LogP contribution in [0.2, 0.25) is 0 Å². The van der Waals surface area contributed by atoms with E-state index in [9.17, 15) is 9.90 Å². The van der Waals surface area contributed by atoms with E-state index in [-0.39, 0.29) is 5.97 Å². The summed E-state index contributed by atoms with van der Waals surface area (Å²) in [5.74, 6) is -0.388. The van der Waals surface area contributed by atoms with Crippen molar-refractivity contribution in [3.63, 3.8) is 0 Å². The van der Waals surface area contributed by atoms with Crippen molar-refractivity contribution in [2.24, 2.45) is 0 Å². The number of carbonyl (C=O) groups is 1. The van der Waals surface area contributed by atoms with Crippen LogP contribution in [-0.4, -0.2) is 17.2 Å². The number of hydrogen-bond donors (Lipinski definition) is 1. The van der Waals surface area contributed by atoms with E-state index in [4.69, 9.17) is 4.74 Å². The smallest absolute Gasteiger partial charge is 0.331 e. The minimum Gasteiger partial charge on any atom is -0.452 e. The number of aliphatic hydroxyl groups excluding tert-OH is 1. The van der Waals surface area contributed by atoms with Crippen molar-refractivity contribution in [1.82, 2.24) is 0 Å². The molecule has 0 bridgehead atoms. The molecule has 1 aliphatic rings. The third-order valence-corrected chi connectivity index (χ3v) is 2.76. The summed E-state index contributed by atoms with van der Waals surface area (Å²) in [5.41, 5.74) is 0. The lowest BCUT2D eigenvalue weighted by Crippen LogP contribution is -2.17. The van der Waals surface area contributed by atoms with Gasteiger partial charge in [-0.05, 0) is 17.5 Å². The molecule has 0 saturated carbocycles. The molecule has 1 aliphatic heterocycles. The van der Waals surface area contributed by atoms with Crippen LogP contribution < -0.4 is 0 Å². The van der Waals surface area contributed by atoms with E-state index in [1.165, 1.54) is 17.4 Å². The summed E-state index contributed by atoms with van der Waals surface area (Å²) in [7, 11) is 0. The summed E-state index contributed by atoms with van der Waals surface area (Å²) < 4.78 is 4.85. The van der Waals surface area contributed by atoms with Crippen LogP contribution in [0.25, 0.3) is 0 Å². The quantitative estimate of drug-likeness (QED) is 0.724. The van der Waals surface area contributed by atoms with E-state index >= 15 is 0 Å². The van der Waals surface area contributed by atoms with Gasteiger partial charge in [-0.2, -0.15) is 0 Å². The molecule has 0 spiro atoms. The van der Waals surface area contributed by atoms with E-state index < -0.39 is 12.2 Å². The molecule has 0 fully saturated rings. The van der Waals surface area contributed by atoms with Gasteiger partial charge in [-0.15, -0.1) is 11.3 Å². The van der Waals surface area contributed by atoms with Crippen molar-refractivity contribution in [3.05, 3.63) is 34.5 Å². The molecule has 0 radical (unpaired) electrons. The highest BCUT2D eigenvalue weighted by molar-refractivity contribution is 7.10. The van der Waals surface area contributed by atoms with Crippen molar-refractivity contribution in [3.8, 4) is 0 Å². The van der Waals surface area contributed by atoms with Gasteiger partial charge in [0.15, 0.2) is 6.10 Å². The second kappa shape index (κ2) is 3.32. The Kier molecular flexibility index (Phi) is 2.16. The topological polar surface area (TPSA) is 46.5 Å². The van der Waals surface area contributed by atoms with Gasteiger partial charge < -0.3 is 9.84 Å². The Morgan fingerprint density at radius 2 is 2.46 bits per heavy atom. The molecule has 2 atom stereocenters. The summed E-state index contributed by atoms with van der Waals surface area (Å²) in [6, 6.07) is 3.67. The van der Waals surface area contributed by atoms with Crippen LogP contribution in [0.1, 0.15) is 11.0 Å². The first-order valence-electron chi connectivity index (χ1n) is 3.87. The third-order valence-electron chi connectivity index (χ3n) is 1.82. The van der Waals surface area contributed by atoms with Crippen LogP contribution in [-0.2, 0) is 9.53 Å². The van der Waals surface area contributed by atoms with E-state index in [1.54, 1.807) is 6.08 Å². The van der Waals surface area contributed by atoms with Crippen molar-refractivity contribution < 1.29 is 14.6 Å². The van der Waals surface area contributed by atoms with Crippen LogP contribution in [0.3, 0.4) is 0 Å². The first-order chi connectivity index (χ1) is 6.27. The maximum Gasteiger partial charge on any atom is 0.331 e. The SMILES string of the molecule is O=C1C=C[C@@H]([C@H](O)c2cccs2)O1. The molecule has 4 heteroatoms. The van der Waals surface area contributed by atoms with E-state index in [1.807, 2.05) is 17.5 Å². The number of esters is 1. The van der Waals surface area contributed by atoms with Crippen LogP contribution in [0.15, 0.2) is 29.7 Å². The molecule has 2 rings (SSSR count). The van der Waals surface area contributed by atoms with Gasteiger partial charge in [0.2, 0.25) is 0 Å². The Morgan fingerprint density at radius 3 is 3.00 bits per heavy atom. The van der Waals surface area contributed by atoms with Gasteiger partial charge in [0.25, 0.3) is 0 Å². The highest BCUT2D eigenvalue weighted by Crippen LogP contribution is 2.26. The number of cyclic esters (lactones) is 1. The van der Waals surface area contributed by atoms with Crippen molar-refractivity contribution in [1.29, 1.82) is 0 Å². The fraction of sp³-hybridized carbons (Fsp3) is 0.222. The molecule has 0 saturated heterocycles. The molecule has 1 aromatic heterocycles. The minimum absolute atomic E-state index is 0.388. The fourth-order valence-electron chi connectivity index (χ4n) is 1.18. The molecule has 1 aromatic rings. The Morgan fingerprint density at radius 1 is 1.62 bits per heavy atom. The molecule has 68 valence electrons. The molecule has 3 nitrogen and oxygen atoms in total. The van der Waals surface area contributed by atoms with Crippen LogP contribution in [0, 0.1) is 0 Å². The molecule has 0 aromatic carbocycles. The standard InChI is InChI=1S/C9H8O3S/c10-8-4-3-6(12-8)9(11)7-2-1-5-13-7/h1-6,9,11H/t6-,9-/m0/s1. The molecule has 13 heavy (non-hydrogen) atoms. The van der Waals surface area contributed by atoms with Gasteiger partial charge >= 0.3 is 5.97 Å². The van der Waals surface area contributed by atoms with Gasteiger partial charge in [-0.1, -0.05) is 6.07 Å². The Bertz CT molecular complexity index is 329. The lowest BCUT2D eigenvalue weighted by molar-refractivity contribution is -0.142. The van der Waals surface area contributed by atoms with Gasteiger partial charge in [-0.3, -0.25) is 0 Å². The van der Waals surface area contributed by atoms with E-state index in [0.717, 1.165) is 4.88 Å². The highest BCUT2D eigenvalue weighted by Gasteiger charge is 2.26. The van der Waals surface area contributed by atoms with Gasteiger partial charge in [0.05, 0.1) is 0 Å². The number of carbonyl (C=O) groups excluding carboxylic acids is 1. The Balaban J connectivity index is 2.11. The number of ether oxygens (including phenoxy) is 1. The minimum atomic E-state index is -0.734. The van der Waals surface area contributed by atoms with E-state index in [2.05, 4.69) is 0 Å². The highest BCUT2D eigenvalue weighted by atomic mass is 32.1.